The highest BCUT2D eigenvalue weighted by Crippen LogP contribution is 2.34. The Morgan fingerprint density at radius 3 is 2.71 bits per heavy atom. The molecule has 0 bridgehead atoms. The van der Waals surface area contributed by atoms with Gasteiger partial charge in [0.15, 0.2) is 0 Å². The topological polar surface area (TPSA) is 93.3 Å². The average molecular weight is 379 g/mol. The summed E-state index contributed by atoms with van der Waals surface area (Å²) in [5, 5.41) is 4.22. The lowest BCUT2D eigenvalue weighted by molar-refractivity contribution is 0.122. The van der Waals surface area contributed by atoms with Crippen LogP contribution in [0.1, 0.15) is 24.8 Å². The van der Waals surface area contributed by atoms with E-state index in [-0.39, 0.29) is 6.04 Å². The maximum absolute atomic E-state index is 5.63. The summed E-state index contributed by atoms with van der Waals surface area (Å²) >= 11 is 0. The number of morpholine rings is 1. The fraction of sp³-hybridized carbons (Fsp3) is 0.421. The second-order valence-electron chi connectivity index (χ2n) is 6.86. The van der Waals surface area contributed by atoms with Gasteiger partial charge in [-0.15, -0.1) is 0 Å². The zero-order chi connectivity index (χ0) is 18.8. The molecule has 28 heavy (non-hydrogen) atoms. The summed E-state index contributed by atoms with van der Waals surface area (Å²) in [6.07, 6.45) is 7.27. The maximum atomic E-state index is 5.63. The Morgan fingerprint density at radius 1 is 1.00 bits per heavy atom. The molecule has 0 spiro atoms. The van der Waals surface area contributed by atoms with E-state index in [0.29, 0.717) is 17.7 Å². The SMILES string of the molecule is c1cnc(N2CCC[C@H]2c2nc(-c3ccnc(N4CCOCC4)c3)no2)nc1. The summed E-state index contributed by atoms with van der Waals surface area (Å²) in [4.78, 5) is 22.2. The van der Waals surface area contributed by atoms with Crippen LogP contribution in [-0.4, -0.2) is 57.9 Å². The molecule has 144 valence electrons. The van der Waals surface area contributed by atoms with Gasteiger partial charge in [-0.25, -0.2) is 15.0 Å². The number of hydrogen-bond acceptors (Lipinski definition) is 9. The lowest BCUT2D eigenvalue weighted by atomic mass is 10.2. The Morgan fingerprint density at radius 2 is 1.86 bits per heavy atom. The molecule has 0 saturated carbocycles. The smallest absolute Gasteiger partial charge is 0.249 e. The zero-order valence-electron chi connectivity index (χ0n) is 15.4. The summed E-state index contributed by atoms with van der Waals surface area (Å²) in [7, 11) is 0. The molecule has 0 unspecified atom stereocenters. The first-order valence-corrected chi connectivity index (χ1v) is 9.55. The number of rotatable bonds is 4. The molecular weight excluding hydrogens is 358 g/mol. The highest BCUT2D eigenvalue weighted by Gasteiger charge is 2.32. The summed E-state index contributed by atoms with van der Waals surface area (Å²) in [6, 6.07) is 5.73. The van der Waals surface area contributed by atoms with Crippen molar-refractivity contribution in [3.8, 4) is 11.4 Å². The maximum Gasteiger partial charge on any atom is 0.249 e. The molecule has 2 fully saturated rings. The molecule has 0 amide bonds. The molecule has 3 aromatic rings. The van der Waals surface area contributed by atoms with Crippen molar-refractivity contribution in [1.82, 2.24) is 25.1 Å². The van der Waals surface area contributed by atoms with E-state index in [9.17, 15) is 0 Å². The minimum atomic E-state index is 0.00389. The minimum Gasteiger partial charge on any atom is -0.378 e. The lowest BCUT2D eigenvalue weighted by Gasteiger charge is -2.27. The summed E-state index contributed by atoms with van der Waals surface area (Å²) in [5.41, 5.74) is 0.895. The van der Waals surface area contributed by atoms with Crippen molar-refractivity contribution in [2.24, 2.45) is 0 Å². The normalized spacial score (nSPS) is 19.9. The molecule has 9 heteroatoms. The van der Waals surface area contributed by atoms with E-state index in [4.69, 9.17) is 9.26 Å². The van der Waals surface area contributed by atoms with Crippen molar-refractivity contribution >= 4 is 11.8 Å². The van der Waals surface area contributed by atoms with E-state index < -0.39 is 0 Å². The van der Waals surface area contributed by atoms with Gasteiger partial charge in [0, 0.05) is 43.8 Å². The van der Waals surface area contributed by atoms with Crippen LogP contribution in [0.2, 0.25) is 0 Å². The van der Waals surface area contributed by atoms with Crippen molar-refractivity contribution < 1.29 is 9.26 Å². The van der Waals surface area contributed by atoms with E-state index in [1.807, 2.05) is 18.2 Å². The second kappa shape index (κ2) is 7.51. The van der Waals surface area contributed by atoms with Crippen LogP contribution in [0.4, 0.5) is 11.8 Å². The molecule has 2 aliphatic heterocycles. The van der Waals surface area contributed by atoms with E-state index in [2.05, 4.69) is 34.9 Å². The first-order chi connectivity index (χ1) is 13.9. The highest BCUT2D eigenvalue weighted by atomic mass is 16.5. The van der Waals surface area contributed by atoms with Crippen LogP contribution < -0.4 is 9.80 Å². The van der Waals surface area contributed by atoms with Gasteiger partial charge in [-0.3, -0.25) is 0 Å². The van der Waals surface area contributed by atoms with Crippen molar-refractivity contribution in [2.45, 2.75) is 18.9 Å². The predicted molar refractivity (Wildman–Crippen MR) is 102 cm³/mol. The zero-order valence-corrected chi connectivity index (χ0v) is 15.4. The van der Waals surface area contributed by atoms with Gasteiger partial charge in [0.1, 0.15) is 11.9 Å². The van der Waals surface area contributed by atoms with Gasteiger partial charge < -0.3 is 19.1 Å². The van der Waals surface area contributed by atoms with Crippen LogP contribution >= 0.6 is 0 Å². The van der Waals surface area contributed by atoms with Gasteiger partial charge in [-0.2, -0.15) is 4.98 Å². The third-order valence-electron chi connectivity index (χ3n) is 5.13. The Hall–Kier alpha value is -3.07. The van der Waals surface area contributed by atoms with Gasteiger partial charge in [0.2, 0.25) is 17.7 Å². The van der Waals surface area contributed by atoms with Gasteiger partial charge in [-0.1, -0.05) is 5.16 Å². The van der Waals surface area contributed by atoms with E-state index in [0.717, 1.165) is 57.1 Å². The molecule has 1 atom stereocenters. The highest BCUT2D eigenvalue weighted by molar-refractivity contribution is 5.60. The van der Waals surface area contributed by atoms with Crippen LogP contribution in [0.3, 0.4) is 0 Å². The minimum absolute atomic E-state index is 0.00389. The van der Waals surface area contributed by atoms with Crippen molar-refractivity contribution in [3.05, 3.63) is 42.7 Å². The largest absolute Gasteiger partial charge is 0.378 e. The summed E-state index contributed by atoms with van der Waals surface area (Å²) in [6.45, 7) is 3.99. The third kappa shape index (κ3) is 3.29. The number of ether oxygens (including phenoxy) is 1. The van der Waals surface area contributed by atoms with E-state index in [1.54, 1.807) is 18.6 Å². The fourth-order valence-corrected chi connectivity index (χ4v) is 3.71. The molecule has 3 aromatic heterocycles. The lowest BCUT2D eigenvalue weighted by Crippen LogP contribution is -2.36. The van der Waals surface area contributed by atoms with E-state index in [1.165, 1.54) is 0 Å². The number of pyridine rings is 1. The van der Waals surface area contributed by atoms with Crippen LogP contribution in [0.15, 0.2) is 41.3 Å². The molecule has 2 saturated heterocycles. The Kier molecular flexibility index (Phi) is 4.58. The van der Waals surface area contributed by atoms with Crippen LogP contribution in [0.5, 0.6) is 0 Å². The van der Waals surface area contributed by atoms with Crippen LogP contribution in [0, 0.1) is 0 Å². The molecule has 0 aromatic carbocycles. The standard InChI is InChI=1S/C19H21N7O2/c1-3-15(26(8-1)19-21-5-2-6-22-19)18-23-17(24-28-18)14-4-7-20-16(13-14)25-9-11-27-12-10-25/h2,4-7,13,15H,1,3,8-12H2/t15-/m0/s1. The molecule has 0 aliphatic carbocycles. The van der Waals surface area contributed by atoms with Gasteiger partial charge in [0.05, 0.1) is 13.2 Å². The quantitative estimate of drug-likeness (QED) is 0.675. The Labute approximate surface area is 162 Å². The average Bonchev–Trinajstić information content (AvgIpc) is 3.45. The second-order valence-corrected chi connectivity index (χ2v) is 6.86. The first-order valence-electron chi connectivity index (χ1n) is 9.55. The summed E-state index contributed by atoms with van der Waals surface area (Å²) in [5.74, 6) is 2.79. The Bertz CT molecular complexity index is 927. The molecule has 0 N–H and O–H groups in total. The van der Waals surface area contributed by atoms with Crippen LogP contribution in [0.25, 0.3) is 11.4 Å². The molecule has 0 radical (unpaired) electrons. The number of anilines is 2. The van der Waals surface area contributed by atoms with Gasteiger partial charge >= 0.3 is 0 Å². The fourth-order valence-electron chi connectivity index (χ4n) is 3.71. The molecule has 2 aliphatic rings. The molecular formula is C19H21N7O2. The monoisotopic (exact) mass is 379 g/mol. The van der Waals surface area contributed by atoms with Crippen LogP contribution in [-0.2, 0) is 4.74 Å². The van der Waals surface area contributed by atoms with Crippen molar-refractivity contribution in [3.63, 3.8) is 0 Å². The third-order valence-corrected chi connectivity index (χ3v) is 5.13. The van der Waals surface area contributed by atoms with Gasteiger partial charge in [0.25, 0.3) is 0 Å². The molecule has 5 heterocycles. The van der Waals surface area contributed by atoms with E-state index >= 15 is 0 Å². The summed E-state index contributed by atoms with van der Waals surface area (Å²) < 4.78 is 11.0. The van der Waals surface area contributed by atoms with Crippen molar-refractivity contribution in [2.75, 3.05) is 42.6 Å². The van der Waals surface area contributed by atoms with Crippen molar-refractivity contribution in [1.29, 1.82) is 0 Å². The van der Waals surface area contributed by atoms with Gasteiger partial charge in [-0.05, 0) is 31.0 Å². The Balaban J connectivity index is 1.39. The number of hydrogen-bond donors (Lipinski definition) is 0. The predicted octanol–water partition coefficient (Wildman–Crippen LogP) is 2.10. The first kappa shape index (κ1) is 17.1. The number of aromatic nitrogens is 5. The molecule has 9 nitrogen and oxygen atoms in total. The number of nitrogens with zero attached hydrogens (tertiary/aromatic N) is 7. The molecule has 5 rings (SSSR count).